The topological polar surface area (TPSA) is 150 Å². The second kappa shape index (κ2) is 6.79. The van der Waals surface area contributed by atoms with Crippen molar-refractivity contribution >= 4 is 27.7 Å². The van der Waals surface area contributed by atoms with Gasteiger partial charge in [0, 0.05) is 13.0 Å². The molecule has 0 bridgehead atoms. The van der Waals surface area contributed by atoms with Gasteiger partial charge in [-0.05, 0) is 18.2 Å². The number of aromatic hydroxyl groups is 2. The Bertz CT molecular complexity index is 952. The molecule has 0 saturated heterocycles. The number of anilines is 1. The molecule has 2 aromatic carbocycles. The fourth-order valence-electron chi connectivity index (χ4n) is 1.98. The molecule has 0 fully saturated rings. The monoisotopic (exact) mass is 367 g/mol. The molecule has 0 radical (unpaired) electrons. The molecule has 0 heterocycles. The first-order chi connectivity index (χ1) is 11.6. The van der Waals surface area contributed by atoms with Crippen LogP contribution in [0, 0.1) is 0 Å². The Morgan fingerprint density at radius 1 is 1.12 bits per heavy atom. The molecule has 0 aliphatic heterocycles. The second-order valence-electron chi connectivity index (χ2n) is 4.86. The lowest BCUT2D eigenvalue weighted by atomic mass is 10.1. The zero-order chi connectivity index (χ0) is 18.8. The van der Waals surface area contributed by atoms with Crippen LogP contribution in [-0.4, -0.2) is 35.1 Å². The highest BCUT2D eigenvalue weighted by Gasteiger charge is 2.21. The average molecular weight is 367 g/mol. The lowest BCUT2D eigenvalue weighted by Gasteiger charge is -2.12. The van der Waals surface area contributed by atoms with Crippen LogP contribution in [0.2, 0.25) is 0 Å². The molecule has 0 aromatic heterocycles. The van der Waals surface area contributed by atoms with Gasteiger partial charge in [-0.25, -0.2) is 0 Å². The quantitative estimate of drug-likeness (QED) is 0.275. The Hall–Kier alpha value is -3.11. The van der Waals surface area contributed by atoms with Crippen LogP contribution in [0.15, 0.2) is 41.3 Å². The van der Waals surface area contributed by atoms with Gasteiger partial charge >= 0.3 is 5.97 Å². The van der Waals surface area contributed by atoms with E-state index in [-0.39, 0.29) is 5.69 Å². The minimum atomic E-state index is -4.60. The molecule has 2 aromatic rings. The number of carbonyl (C=O) groups excluding carboxylic acids is 2. The van der Waals surface area contributed by atoms with E-state index in [2.05, 4.69) is 10.1 Å². The van der Waals surface area contributed by atoms with Crippen molar-refractivity contribution in [3.63, 3.8) is 0 Å². The van der Waals surface area contributed by atoms with Crippen molar-refractivity contribution in [1.82, 2.24) is 0 Å². The number of rotatable bonds is 4. The summed E-state index contributed by atoms with van der Waals surface area (Å²) in [6.45, 7) is 1.06. The Morgan fingerprint density at radius 2 is 1.76 bits per heavy atom. The molecular formula is C15H13NO8S. The lowest BCUT2D eigenvalue weighted by Crippen LogP contribution is -2.15. The molecule has 2 rings (SSSR count). The molecule has 25 heavy (non-hydrogen) atoms. The van der Waals surface area contributed by atoms with Gasteiger partial charge in [0.25, 0.3) is 16.0 Å². The largest absolute Gasteiger partial charge is 0.508 e. The maximum absolute atomic E-state index is 12.3. The van der Waals surface area contributed by atoms with Gasteiger partial charge in [0.15, 0.2) is 11.5 Å². The van der Waals surface area contributed by atoms with E-state index in [0.29, 0.717) is 0 Å². The van der Waals surface area contributed by atoms with E-state index in [1.54, 1.807) is 0 Å². The number of nitrogens with one attached hydrogen (secondary N) is 1. The Morgan fingerprint density at radius 3 is 2.36 bits per heavy atom. The van der Waals surface area contributed by atoms with E-state index in [9.17, 15) is 28.2 Å². The summed E-state index contributed by atoms with van der Waals surface area (Å²) < 4.78 is 36.5. The molecule has 0 unspecified atom stereocenters. The number of phenolic OH excluding ortho intramolecular Hbond substituents is 2. The number of amides is 1. The van der Waals surface area contributed by atoms with Crippen molar-refractivity contribution in [2.75, 3.05) is 5.32 Å². The van der Waals surface area contributed by atoms with Gasteiger partial charge in [-0.15, -0.1) is 0 Å². The van der Waals surface area contributed by atoms with Crippen LogP contribution in [0.4, 0.5) is 5.69 Å². The van der Waals surface area contributed by atoms with E-state index in [0.717, 1.165) is 25.1 Å². The number of carbonyl (C=O) groups is 2. The molecule has 9 nitrogen and oxygen atoms in total. The van der Waals surface area contributed by atoms with Crippen LogP contribution in [0.3, 0.4) is 0 Å². The third kappa shape index (κ3) is 4.25. The molecule has 4 N–H and O–H groups in total. The molecule has 1 amide bonds. The summed E-state index contributed by atoms with van der Waals surface area (Å²) in [5, 5.41) is 21.8. The van der Waals surface area contributed by atoms with Crippen molar-refractivity contribution in [1.29, 1.82) is 0 Å². The van der Waals surface area contributed by atoms with Crippen LogP contribution in [0.5, 0.6) is 17.2 Å². The third-order valence-electron chi connectivity index (χ3n) is 2.97. The zero-order valence-corrected chi connectivity index (χ0v) is 13.6. The number of ether oxygens (including phenoxy) is 1. The number of hydrogen-bond acceptors (Lipinski definition) is 7. The third-order valence-corrected chi connectivity index (χ3v) is 3.88. The summed E-state index contributed by atoms with van der Waals surface area (Å²) in [6, 6.07) is 6.86. The Labute approximate surface area is 142 Å². The summed E-state index contributed by atoms with van der Waals surface area (Å²) >= 11 is 0. The van der Waals surface area contributed by atoms with Gasteiger partial charge in [0.1, 0.15) is 10.6 Å². The van der Waals surface area contributed by atoms with E-state index in [1.807, 2.05) is 0 Å². The van der Waals surface area contributed by atoms with E-state index in [1.165, 1.54) is 18.2 Å². The SMILES string of the molecule is CC(=O)Oc1cc(O)cc(C(=O)Nc2ccccc2S(=O)(=O)O)c1O. The van der Waals surface area contributed by atoms with Crippen molar-refractivity contribution in [2.45, 2.75) is 11.8 Å². The standard InChI is InChI=1S/C15H13NO8S/c1-8(17)24-12-7-9(18)6-10(14(12)19)15(20)16-11-4-2-3-5-13(11)25(21,22)23/h2-7,18-19H,1H3,(H,16,20)(H,21,22,23). The molecule has 0 atom stereocenters. The molecule has 0 aliphatic rings. The minimum Gasteiger partial charge on any atom is -0.508 e. The van der Waals surface area contributed by atoms with Gasteiger partial charge in [0.2, 0.25) is 0 Å². The molecule has 10 heteroatoms. The number of phenols is 2. The first kappa shape index (κ1) is 18.2. The lowest BCUT2D eigenvalue weighted by molar-refractivity contribution is -0.132. The maximum Gasteiger partial charge on any atom is 0.308 e. The summed E-state index contributed by atoms with van der Waals surface area (Å²) in [6.07, 6.45) is 0. The zero-order valence-electron chi connectivity index (χ0n) is 12.8. The summed E-state index contributed by atoms with van der Waals surface area (Å²) in [5.74, 6) is -3.43. The predicted molar refractivity (Wildman–Crippen MR) is 85.3 cm³/mol. The first-order valence-electron chi connectivity index (χ1n) is 6.72. The van der Waals surface area contributed by atoms with Crippen LogP contribution in [-0.2, 0) is 14.9 Å². The van der Waals surface area contributed by atoms with Gasteiger partial charge in [-0.2, -0.15) is 8.42 Å². The van der Waals surface area contributed by atoms with Gasteiger partial charge in [0.05, 0.1) is 11.3 Å². The average Bonchev–Trinajstić information content (AvgIpc) is 2.49. The predicted octanol–water partition coefficient (Wildman–Crippen LogP) is 1.52. The molecule has 0 spiro atoms. The Balaban J connectivity index is 2.44. The highest BCUT2D eigenvalue weighted by Crippen LogP contribution is 2.35. The van der Waals surface area contributed by atoms with Crippen molar-refractivity contribution in [3.8, 4) is 17.2 Å². The molecule has 132 valence electrons. The van der Waals surface area contributed by atoms with Crippen molar-refractivity contribution in [3.05, 3.63) is 42.0 Å². The van der Waals surface area contributed by atoms with E-state index < -0.39 is 49.7 Å². The first-order valence-corrected chi connectivity index (χ1v) is 8.16. The number of para-hydroxylation sites is 1. The number of hydrogen-bond donors (Lipinski definition) is 4. The fraction of sp³-hybridized carbons (Fsp3) is 0.0667. The van der Waals surface area contributed by atoms with Crippen LogP contribution in [0.25, 0.3) is 0 Å². The fourth-order valence-corrected chi connectivity index (χ4v) is 2.63. The molecule has 0 saturated carbocycles. The smallest absolute Gasteiger partial charge is 0.308 e. The van der Waals surface area contributed by atoms with E-state index in [4.69, 9.17) is 4.55 Å². The van der Waals surface area contributed by atoms with Crippen LogP contribution in [0.1, 0.15) is 17.3 Å². The number of esters is 1. The normalized spacial score (nSPS) is 11.0. The molecule has 0 aliphatic carbocycles. The van der Waals surface area contributed by atoms with Crippen molar-refractivity contribution in [2.24, 2.45) is 0 Å². The van der Waals surface area contributed by atoms with Gasteiger partial charge in [-0.3, -0.25) is 14.1 Å². The minimum absolute atomic E-state index is 0.244. The molecular weight excluding hydrogens is 354 g/mol. The second-order valence-corrected chi connectivity index (χ2v) is 6.25. The highest BCUT2D eigenvalue weighted by atomic mass is 32.2. The van der Waals surface area contributed by atoms with Crippen LogP contribution < -0.4 is 10.1 Å². The van der Waals surface area contributed by atoms with Gasteiger partial charge in [-0.1, -0.05) is 12.1 Å². The van der Waals surface area contributed by atoms with E-state index >= 15 is 0 Å². The summed E-state index contributed by atoms with van der Waals surface area (Å²) in [5.41, 5.74) is -0.715. The Kier molecular flexibility index (Phi) is 4.95. The van der Waals surface area contributed by atoms with Crippen LogP contribution >= 0.6 is 0 Å². The van der Waals surface area contributed by atoms with Gasteiger partial charge < -0.3 is 20.3 Å². The summed E-state index contributed by atoms with van der Waals surface area (Å²) in [7, 11) is -4.60. The number of benzene rings is 2. The highest BCUT2D eigenvalue weighted by molar-refractivity contribution is 7.86. The summed E-state index contributed by atoms with van der Waals surface area (Å²) in [4.78, 5) is 22.7. The maximum atomic E-state index is 12.3. The van der Waals surface area contributed by atoms with Crippen molar-refractivity contribution < 1.29 is 37.5 Å².